The lowest BCUT2D eigenvalue weighted by molar-refractivity contribution is 0.0752. The zero-order chi connectivity index (χ0) is 30.0. The third-order valence-electron chi connectivity index (χ3n) is 10.2. The molecule has 2 N–H and O–H groups in total. The Bertz CT molecular complexity index is 1630. The van der Waals surface area contributed by atoms with Gasteiger partial charge in [-0.1, -0.05) is 30.9 Å². The van der Waals surface area contributed by atoms with Crippen molar-refractivity contribution in [3.05, 3.63) is 59.3 Å². The number of rotatable bonds is 8. The summed E-state index contributed by atoms with van der Waals surface area (Å²) in [6.07, 6.45) is 6.06. The molecule has 5 aliphatic rings. The molecule has 1 aliphatic carbocycles. The topological polar surface area (TPSA) is 94.1 Å². The maximum absolute atomic E-state index is 14.1. The van der Waals surface area contributed by atoms with Crippen LogP contribution in [0.15, 0.2) is 36.9 Å². The molecule has 10 heteroatoms. The van der Waals surface area contributed by atoms with Gasteiger partial charge in [0.1, 0.15) is 17.7 Å². The largest absolute Gasteiger partial charge is 0.508 e. The number of alkyl halides is 1. The van der Waals surface area contributed by atoms with Crippen molar-refractivity contribution in [3.8, 4) is 11.8 Å². The number of fused-ring (bicyclic) bond motifs is 4. The predicted octanol–water partition coefficient (Wildman–Crippen LogP) is 4.28. The number of aromatic hydroxyl groups is 1. The third-order valence-corrected chi connectivity index (χ3v) is 10.2. The van der Waals surface area contributed by atoms with E-state index in [4.69, 9.17) is 14.7 Å². The summed E-state index contributed by atoms with van der Waals surface area (Å²) in [5.41, 5.74) is 3.10. The van der Waals surface area contributed by atoms with Gasteiger partial charge in [0.05, 0.1) is 31.0 Å². The molecule has 1 aromatic heterocycles. The number of nitrogens with zero attached hydrogens (tertiary/aromatic N) is 5. The van der Waals surface area contributed by atoms with E-state index in [9.17, 15) is 14.3 Å². The van der Waals surface area contributed by atoms with Crippen molar-refractivity contribution in [2.45, 2.75) is 63.4 Å². The van der Waals surface area contributed by atoms with Crippen molar-refractivity contribution in [1.29, 1.82) is 0 Å². The minimum Gasteiger partial charge on any atom is -0.508 e. The number of nitrogens with one attached hydrogen (secondary N) is 1. The lowest BCUT2D eigenvalue weighted by atomic mass is 9.98. The molecule has 2 bridgehead atoms. The number of halogens is 1. The average Bonchev–Trinajstić information content (AvgIpc) is 3.28. The highest BCUT2D eigenvalue weighted by Crippen LogP contribution is 2.47. The summed E-state index contributed by atoms with van der Waals surface area (Å²) >= 11 is 0. The zero-order valence-electron chi connectivity index (χ0n) is 25.0. The SMILES string of the molecule is C=Cc1cccc2cc(O)cc(C(=O)N3Cc4nc(OCC5(CN6CC[C@@H](F)C6)CC5)nc(N5CC6CCC(C5)N6)c4C3)c12. The van der Waals surface area contributed by atoms with E-state index in [1.807, 2.05) is 18.2 Å². The number of benzene rings is 2. The number of likely N-dealkylation sites (tertiary alicyclic amines) is 1. The Morgan fingerprint density at radius 1 is 1.14 bits per heavy atom. The van der Waals surface area contributed by atoms with E-state index in [2.05, 4.69) is 21.7 Å². The number of carbonyl (C=O) groups excluding carboxylic acids is 1. The Hall–Kier alpha value is -3.76. The first kappa shape index (κ1) is 27.8. The van der Waals surface area contributed by atoms with Crippen molar-refractivity contribution in [2.75, 3.05) is 44.2 Å². The van der Waals surface area contributed by atoms with Crippen LogP contribution in [0.2, 0.25) is 0 Å². The Balaban J connectivity index is 1.09. The molecule has 3 aromatic rings. The first-order valence-corrected chi connectivity index (χ1v) is 15.9. The Kier molecular flexibility index (Phi) is 6.75. The van der Waals surface area contributed by atoms with Crippen LogP contribution in [0.4, 0.5) is 10.2 Å². The second-order valence-electron chi connectivity index (χ2n) is 13.5. The molecule has 1 amide bonds. The van der Waals surface area contributed by atoms with E-state index >= 15 is 0 Å². The predicted molar refractivity (Wildman–Crippen MR) is 167 cm³/mol. The van der Waals surface area contributed by atoms with Crippen LogP contribution < -0.4 is 15.0 Å². The number of amides is 1. The summed E-state index contributed by atoms with van der Waals surface area (Å²) in [5.74, 6) is 0.743. The number of phenolic OH excluding ortho intramolecular Hbond substituents is 1. The van der Waals surface area contributed by atoms with Crippen molar-refractivity contribution in [1.82, 2.24) is 25.1 Å². The zero-order valence-corrected chi connectivity index (χ0v) is 25.0. The van der Waals surface area contributed by atoms with Gasteiger partial charge in [-0.15, -0.1) is 0 Å². The number of phenols is 1. The van der Waals surface area contributed by atoms with E-state index in [1.165, 1.54) is 0 Å². The molecule has 1 saturated carbocycles. The van der Waals surface area contributed by atoms with Gasteiger partial charge in [0.2, 0.25) is 0 Å². The maximum atomic E-state index is 14.1. The highest BCUT2D eigenvalue weighted by atomic mass is 19.1. The minimum atomic E-state index is -0.726. The van der Waals surface area contributed by atoms with Gasteiger partial charge in [0.15, 0.2) is 0 Å². The number of aromatic nitrogens is 2. The summed E-state index contributed by atoms with van der Waals surface area (Å²) in [4.78, 5) is 30.4. The average molecular weight is 599 g/mol. The summed E-state index contributed by atoms with van der Waals surface area (Å²) in [5, 5.41) is 15.8. The fraction of sp³-hybridized carbons (Fsp3) is 0.500. The molecule has 0 spiro atoms. The molecule has 5 heterocycles. The molecule has 4 aliphatic heterocycles. The van der Waals surface area contributed by atoms with Gasteiger partial charge < -0.3 is 25.0 Å². The molecule has 4 fully saturated rings. The number of piperazine rings is 1. The number of hydrogen-bond acceptors (Lipinski definition) is 8. The van der Waals surface area contributed by atoms with Crippen LogP contribution in [0.1, 0.15) is 59.3 Å². The van der Waals surface area contributed by atoms with Gasteiger partial charge in [-0.25, -0.2) is 4.39 Å². The van der Waals surface area contributed by atoms with E-state index in [-0.39, 0.29) is 17.1 Å². The van der Waals surface area contributed by atoms with E-state index in [1.54, 1.807) is 23.1 Å². The quantitative estimate of drug-likeness (QED) is 0.397. The van der Waals surface area contributed by atoms with E-state index in [0.29, 0.717) is 56.3 Å². The van der Waals surface area contributed by atoms with Crippen molar-refractivity contribution < 1.29 is 19.0 Å². The third kappa shape index (κ3) is 5.07. The van der Waals surface area contributed by atoms with Crippen LogP contribution in [0.3, 0.4) is 0 Å². The summed E-state index contributed by atoms with van der Waals surface area (Å²) < 4.78 is 20.2. The molecule has 2 unspecified atom stereocenters. The molecule has 9 nitrogen and oxygen atoms in total. The molecule has 44 heavy (non-hydrogen) atoms. The fourth-order valence-electron chi connectivity index (χ4n) is 7.75. The van der Waals surface area contributed by atoms with Gasteiger partial charge in [0, 0.05) is 61.2 Å². The molecule has 230 valence electrons. The lowest BCUT2D eigenvalue weighted by Crippen LogP contribution is -2.51. The second-order valence-corrected chi connectivity index (χ2v) is 13.5. The molecule has 8 rings (SSSR count). The first-order chi connectivity index (χ1) is 21.4. The minimum absolute atomic E-state index is 0.0297. The normalized spacial score (nSPS) is 25.4. The van der Waals surface area contributed by atoms with Crippen LogP contribution in [-0.4, -0.2) is 88.4 Å². The Morgan fingerprint density at radius 3 is 2.68 bits per heavy atom. The number of anilines is 1. The van der Waals surface area contributed by atoms with Crippen LogP contribution in [0, 0.1) is 5.41 Å². The van der Waals surface area contributed by atoms with E-state index < -0.39 is 6.17 Å². The van der Waals surface area contributed by atoms with Gasteiger partial charge in [-0.3, -0.25) is 9.69 Å². The molecule has 3 atom stereocenters. The Labute approximate surface area is 256 Å². The van der Waals surface area contributed by atoms with Gasteiger partial charge in [-0.2, -0.15) is 9.97 Å². The van der Waals surface area contributed by atoms with Crippen molar-refractivity contribution in [2.24, 2.45) is 5.41 Å². The lowest BCUT2D eigenvalue weighted by Gasteiger charge is -2.34. The summed E-state index contributed by atoms with van der Waals surface area (Å²) in [6.45, 7) is 9.06. The highest BCUT2D eigenvalue weighted by molar-refractivity contribution is 6.10. The highest BCUT2D eigenvalue weighted by Gasteiger charge is 2.46. The molecular weight excluding hydrogens is 559 g/mol. The summed E-state index contributed by atoms with van der Waals surface area (Å²) in [7, 11) is 0. The molecular formula is C34H39FN6O3. The smallest absolute Gasteiger partial charge is 0.318 e. The first-order valence-electron chi connectivity index (χ1n) is 15.9. The molecule has 0 radical (unpaired) electrons. The van der Waals surface area contributed by atoms with Gasteiger partial charge >= 0.3 is 6.01 Å². The van der Waals surface area contributed by atoms with Crippen molar-refractivity contribution >= 4 is 28.6 Å². The summed E-state index contributed by atoms with van der Waals surface area (Å²) in [6, 6.07) is 10.2. The number of ether oxygens (including phenoxy) is 1. The van der Waals surface area contributed by atoms with Crippen molar-refractivity contribution in [3.63, 3.8) is 0 Å². The van der Waals surface area contributed by atoms with Crippen LogP contribution >= 0.6 is 0 Å². The molecule has 3 saturated heterocycles. The van der Waals surface area contributed by atoms with Crippen LogP contribution in [-0.2, 0) is 13.1 Å². The number of hydrogen-bond donors (Lipinski definition) is 2. The molecule has 2 aromatic carbocycles. The van der Waals surface area contributed by atoms with Crippen LogP contribution in [0.25, 0.3) is 16.8 Å². The monoisotopic (exact) mass is 598 g/mol. The standard InChI is InChI=1S/C34H39FN6O3/c1-2-21-4-3-5-22-12-26(42)13-27(30(21)22)32(43)41-17-28-29(18-41)37-33(38-31(28)40-15-24-6-7-25(16-40)36-24)44-20-34(9-10-34)19-39-11-8-23(35)14-39/h2-5,12-13,23-25,36,42H,1,6-11,14-20H2/t23-,24?,25?/m1/s1. The van der Waals surface area contributed by atoms with Crippen LogP contribution in [0.5, 0.6) is 11.8 Å². The van der Waals surface area contributed by atoms with Gasteiger partial charge in [-0.05, 0) is 55.2 Å². The van der Waals surface area contributed by atoms with Gasteiger partial charge in [0.25, 0.3) is 5.91 Å². The fourth-order valence-corrected chi connectivity index (χ4v) is 7.75. The maximum Gasteiger partial charge on any atom is 0.318 e. The Morgan fingerprint density at radius 2 is 1.95 bits per heavy atom. The number of carbonyl (C=O) groups is 1. The van der Waals surface area contributed by atoms with E-state index in [0.717, 1.165) is 85.3 Å². The second kappa shape index (κ2) is 10.7.